The van der Waals surface area contributed by atoms with Gasteiger partial charge in [0.1, 0.15) is 5.75 Å². The van der Waals surface area contributed by atoms with Gasteiger partial charge in [-0.15, -0.1) is 5.10 Å². The topological polar surface area (TPSA) is 113 Å². The molecule has 1 aromatic heterocycles. The van der Waals surface area contributed by atoms with Gasteiger partial charge < -0.3 is 14.6 Å². The zero-order valence-corrected chi connectivity index (χ0v) is 23.5. The quantitative estimate of drug-likeness (QED) is 0.240. The second-order valence-electron chi connectivity index (χ2n) is 10.0. The Morgan fingerprint density at radius 3 is 2.40 bits per heavy atom. The fraction of sp³-hybridized carbons (Fsp3) is 0.643. The van der Waals surface area contributed by atoms with Crippen LogP contribution in [0.5, 0.6) is 11.6 Å². The molecule has 1 N–H and O–H groups in total. The van der Waals surface area contributed by atoms with Crippen LogP contribution in [0.2, 0.25) is 0 Å². The summed E-state index contributed by atoms with van der Waals surface area (Å²) in [5, 5.41) is 13.5. The van der Waals surface area contributed by atoms with Crippen molar-refractivity contribution < 1.29 is 32.5 Å². The molecule has 1 unspecified atom stereocenters. The molecule has 1 atom stereocenters. The summed E-state index contributed by atoms with van der Waals surface area (Å²) < 4.78 is 50.9. The van der Waals surface area contributed by atoms with Crippen LogP contribution < -0.4 is 20.7 Å². The number of carbonyl (C=O) groups is 1. The number of carboxylic acid groups (broad SMARTS) is 1. The van der Waals surface area contributed by atoms with Crippen LogP contribution in [0.25, 0.3) is 0 Å². The van der Waals surface area contributed by atoms with Crippen LogP contribution in [-0.2, 0) is 24.3 Å². The Kier molecular flexibility index (Phi) is 12.7. The molecule has 12 heteroatoms. The number of hydrogen-bond donors (Lipinski definition) is 1. The van der Waals surface area contributed by atoms with Crippen LogP contribution in [0.4, 0.5) is 13.2 Å². The van der Waals surface area contributed by atoms with E-state index >= 15 is 0 Å². The molecule has 0 aliphatic carbocycles. The number of aryl methyl sites for hydroxylation is 2. The van der Waals surface area contributed by atoms with Crippen LogP contribution >= 0.6 is 0 Å². The van der Waals surface area contributed by atoms with Gasteiger partial charge in [-0.1, -0.05) is 38.8 Å². The van der Waals surface area contributed by atoms with Gasteiger partial charge in [-0.05, 0) is 69.6 Å². The maximum atomic E-state index is 12.7. The lowest BCUT2D eigenvalue weighted by atomic mass is 10.0. The highest BCUT2D eigenvalue weighted by Crippen LogP contribution is 2.25. The van der Waals surface area contributed by atoms with E-state index in [0.29, 0.717) is 31.4 Å². The number of hydrogen-bond acceptors (Lipinski definition) is 6. The number of aliphatic carboxylic acids is 1. The molecule has 2 rings (SSSR count). The molecule has 2 aromatic rings. The molecule has 0 aliphatic rings. The number of benzene rings is 1. The van der Waals surface area contributed by atoms with Crippen molar-refractivity contribution in [3.05, 3.63) is 50.7 Å². The number of carboxylic acids is 1. The van der Waals surface area contributed by atoms with Crippen LogP contribution in [0, 0.1) is 0 Å². The van der Waals surface area contributed by atoms with E-state index in [-0.39, 0.29) is 32.0 Å². The molecule has 1 heterocycles. The van der Waals surface area contributed by atoms with E-state index in [0.717, 1.165) is 40.5 Å². The Hall–Kier alpha value is -3.31. The molecular weight excluding hydrogens is 531 g/mol. The van der Waals surface area contributed by atoms with Gasteiger partial charge in [0.25, 0.3) is 5.88 Å². The minimum absolute atomic E-state index is 0.138. The summed E-state index contributed by atoms with van der Waals surface area (Å²) in [7, 11) is 0. The molecule has 0 amide bonds. The van der Waals surface area contributed by atoms with Crippen LogP contribution in [-0.4, -0.2) is 43.8 Å². The van der Waals surface area contributed by atoms with Crippen molar-refractivity contribution in [3.8, 4) is 11.6 Å². The van der Waals surface area contributed by atoms with Crippen molar-refractivity contribution in [2.75, 3.05) is 6.61 Å². The van der Waals surface area contributed by atoms with E-state index in [1.807, 2.05) is 32.0 Å². The van der Waals surface area contributed by atoms with Gasteiger partial charge in [0, 0.05) is 19.5 Å². The summed E-state index contributed by atoms with van der Waals surface area (Å²) in [5.41, 5.74) is -1.72. The Balaban J connectivity index is 1.94. The lowest BCUT2D eigenvalue weighted by Crippen LogP contribution is -2.42. The number of alkyl halides is 3. The minimum atomic E-state index is -4.35. The van der Waals surface area contributed by atoms with Gasteiger partial charge >= 0.3 is 23.4 Å². The predicted octanol–water partition coefficient (Wildman–Crippen LogP) is 5.36. The van der Waals surface area contributed by atoms with Gasteiger partial charge in [0.15, 0.2) is 0 Å². The first-order valence-corrected chi connectivity index (χ1v) is 13.8. The fourth-order valence-electron chi connectivity index (χ4n) is 4.20. The number of halogens is 3. The van der Waals surface area contributed by atoms with Gasteiger partial charge in [0.2, 0.25) is 5.60 Å². The van der Waals surface area contributed by atoms with Crippen molar-refractivity contribution in [2.24, 2.45) is 0 Å². The zero-order chi connectivity index (χ0) is 29.8. The van der Waals surface area contributed by atoms with Gasteiger partial charge in [-0.25, -0.2) is 14.3 Å². The maximum Gasteiger partial charge on any atom is 0.389 e. The highest BCUT2D eigenvalue weighted by molar-refractivity contribution is 5.77. The third-order valence-corrected chi connectivity index (χ3v) is 6.43. The average Bonchev–Trinajstić information content (AvgIpc) is 2.87. The fourth-order valence-corrected chi connectivity index (χ4v) is 4.20. The second kappa shape index (κ2) is 15.5. The average molecular weight is 572 g/mol. The van der Waals surface area contributed by atoms with Crippen molar-refractivity contribution in [3.63, 3.8) is 0 Å². The molecule has 224 valence electrons. The minimum Gasteiger partial charge on any atom is -0.478 e. The normalized spacial score (nSPS) is 13.2. The summed E-state index contributed by atoms with van der Waals surface area (Å²) in [6.07, 6.45) is -0.531. The molecule has 0 spiro atoms. The third kappa shape index (κ3) is 10.3. The Bertz CT molecular complexity index is 1210. The SMILES string of the molecule is CCCCn1c(=O)c(OCCCCCc2cccc(OC(C)(CCC)C(=O)O)c2)nn(CCCC(F)(F)F)c1=O. The van der Waals surface area contributed by atoms with E-state index in [2.05, 4.69) is 5.10 Å². The summed E-state index contributed by atoms with van der Waals surface area (Å²) in [6.45, 7) is 5.39. The van der Waals surface area contributed by atoms with Crippen LogP contribution in [0.1, 0.15) is 84.1 Å². The molecule has 40 heavy (non-hydrogen) atoms. The van der Waals surface area contributed by atoms with E-state index in [1.54, 1.807) is 13.0 Å². The number of rotatable bonds is 18. The van der Waals surface area contributed by atoms with Crippen molar-refractivity contribution >= 4 is 5.97 Å². The first kappa shape index (κ1) is 32.9. The first-order chi connectivity index (χ1) is 18.9. The summed E-state index contributed by atoms with van der Waals surface area (Å²) >= 11 is 0. The molecule has 0 saturated carbocycles. The number of ether oxygens (including phenoxy) is 2. The highest BCUT2D eigenvalue weighted by Gasteiger charge is 2.34. The molecular formula is C28H40F3N3O6. The monoisotopic (exact) mass is 571 g/mol. The number of nitrogens with zero attached hydrogens (tertiary/aromatic N) is 3. The molecule has 0 fully saturated rings. The lowest BCUT2D eigenvalue weighted by molar-refractivity contribution is -0.154. The molecule has 0 radical (unpaired) electrons. The maximum absolute atomic E-state index is 12.7. The standard InChI is InChI=1S/C28H40F3N3O6/c1-4-6-17-33-24(35)23(32-34(26(33)38)18-11-16-28(29,30)31)39-19-9-7-8-12-21-13-10-14-22(20-21)40-27(3,15-5-2)25(36)37/h10,13-14,20H,4-9,11-12,15-19H2,1-3H3,(H,36,37). The highest BCUT2D eigenvalue weighted by atomic mass is 19.4. The summed E-state index contributed by atoms with van der Waals surface area (Å²) in [6, 6.07) is 7.32. The first-order valence-electron chi connectivity index (χ1n) is 13.8. The van der Waals surface area contributed by atoms with E-state index < -0.39 is 35.4 Å². The van der Waals surface area contributed by atoms with Gasteiger partial charge in [0.05, 0.1) is 6.61 Å². The lowest BCUT2D eigenvalue weighted by Gasteiger charge is -2.26. The van der Waals surface area contributed by atoms with Crippen molar-refractivity contribution in [1.29, 1.82) is 0 Å². The molecule has 0 aliphatic heterocycles. The van der Waals surface area contributed by atoms with Gasteiger partial charge in [-0.3, -0.25) is 9.36 Å². The molecule has 0 saturated heterocycles. The van der Waals surface area contributed by atoms with Crippen molar-refractivity contribution in [1.82, 2.24) is 14.3 Å². The third-order valence-electron chi connectivity index (χ3n) is 6.43. The summed E-state index contributed by atoms with van der Waals surface area (Å²) in [4.78, 5) is 37.0. The van der Waals surface area contributed by atoms with Gasteiger partial charge in [-0.2, -0.15) is 13.2 Å². The Labute approximate surface area is 231 Å². The van der Waals surface area contributed by atoms with E-state index in [4.69, 9.17) is 9.47 Å². The predicted molar refractivity (Wildman–Crippen MR) is 144 cm³/mol. The van der Waals surface area contributed by atoms with Crippen molar-refractivity contribution in [2.45, 2.75) is 110 Å². The molecule has 1 aromatic carbocycles. The Morgan fingerprint density at radius 2 is 1.75 bits per heavy atom. The van der Waals surface area contributed by atoms with Crippen LogP contribution in [0.3, 0.4) is 0 Å². The van der Waals surface area contributed by atoms with E-state index in [1.165, 1.54) is 0 Å². The number of unbranched alkanes of at least 4 members (excludes halogenated alkanes) is 3. The summed E-state index contributed by atoms with van der Waals surface area (Å²) in [5.74, 6) is -0.806. The zero-order valence-electron chi connectivity index (χ0n) is 23.5. The molecule has 0 bridgehead atoms. The Morgan fingerprint density at radius 1 is 1.00 bits per heavy atom. The van der Waals surface area contributed by atoms with E-state index in [9.17, 15) is 32.7 Å². The molecule has 9 nitrogen and oxygen atoms in total. The second-order valence-corrected chi connectivity index (χ2v) is 10.0. The largest absolute Gasteiger partial charge is 0.478 e. The number of aromatic nitrogens is 3. The van der Waals surface area contributed by atoms with Crippen LogP contribution in [0.15, 0.2) is 33.9 Å². The smallest absolute Gasteiger partial charge is 0.389 e.